The van der Waals surface area contributed by atoms with Crippen LogP contribution in [-0.2, 0) is 16.9 Å². The predicted octanol–water partition coefficient (Wildman–Crippen LogP) is 1.49. The maximum atomic E-state index is 11.0. The van der Waals surface area contributed by atoms with Gasteiger partial charge >= 0.3 is 6.09 Å². The van der Waals surface area contributed by atoms with Crippen LogP contribution in [-0.4, -0.2) is 12.6 Å². The third kappa shape index (κ3) is 1.76. The number of benzene rings is 1. The van der Waals surface area contributed by atoms with Gasteiger partial charge in [0.05, 0.1) is 0 Å². The van der Waals surface area contributed by atoms with Gasteiger partial charge in [0.15, 0.2) is 5.72 Å². The van der Waals surface area contributed by atoms with Crippen molar-refractivity contribution in [3.8, 4) is 0 Å². The molecule has 1 atom stereocenters. The summed E-state index contributed by atoms with van der Waals surface area (Å²) in [5.41, 5.74) is 6.62. The van der Waals surface area contributed by atoms with E-state index in [1.54, 1.807) is 0 Å². The molecule has 1 unspecified atom stereocenters. The van der Waals surface area contributed by atoms with E-state index in [4.69, 9.17) is 10.5 Å². The number of hydrogen-bond donors (Lipinski definition) is 2. The average molecular weight is 220 g/mol. The van der Waals surface area contributed by atoms with Crippen LogP contribution in [0.1, 0.15) is 24.5 Å². The maximum absolute atomic E-state index is 11.0. The number of hydrogen-bond acceptors (Lipinski definition) is 3. The van der Waals surface area contributed by atoms with E-state index in [9.17, 15) is 4.79 Å². The Bertz CT molecular complexity index is 406. The molecule has 1 aliphatic rings. The highest BCUT2D eigenvalue weighted by molar-refractivity contribution is 5.65. The number of rotatable bonds is 2. The standard InChI is InChI=1S/C12H16N2O2/c1-2-12(16-11(13)15)10-6-4-3-5-9(10)7-8-14-12/h3-6,14H,2,7-8H2,1H3,(H2,13,15). The number of carbonyl (C=O) groups is 1. The Morgan fingerprint density at radius 2 is 2.31 bits per heavy atom. The first-order valence-corrected chi connectivity index (χ1v) is 5.50. The molecule has 16 heavy (non-hydrogen) atoms. The van der Waals surface area contributed by atoms with E-state index in [-0.39, 0.29) is 0 Å². The van der Waals surface area contributed by atoms with Crippen LogP contribution in [0.2, 0.25) is 0 Å². The molecule has 1 amide bonds. The molecule has 0 aromatic heterocycles. The number of nitrogens with two attached hydrogens (primary N) is 1. The van der Waals surface area contributed by atoms with Crippen LogP contribution in [0.3, 0.4) is 0 Å². The van der Waals surface area contributed by atoms with Crippen molar-refractivity contribution in [1.82, 2.24) is 5.32 Å². The van der Waals surface area contributed by atoms with E-state index >= 15 is 0 Å². The minimum Gasteiger partial charge on any atom is -0.424 e. The lowest BCUT2D eigenvalue weighted by molar-refractivity contribution is -0.0241. The summed E-state index contributed by atoms with van der Waals surface area (Å²) in [6.07, 6.45) is 0.860. The number of carbonyl (C=O) groups excluding carboxylic acids is 1. The Labute approximate surface area is 94.8 Å². The minimum absolute atomic E-state index is 0.660. The molecule has 0 saturated carbocycles. The van der Waals surface area contributed by atoms with Crippen LogP contribution in [0.25, 0.3) is 0 Å². The summed E-state index contributed by atoms with van der Waals surface area (Å²) in [4.78, 5) is 11.0. The molecule has 0 radical (unpaired) electrons. The molecule has 1 aromatic carbocycles. The van der Waals surface area contributed by atoms with Gasteiger partial charge in [0.2, 0.25) is 0 Å². The van der Waals surface area contributed by atoms with Crippen molar-refractivity contribution >= 4 is 6.09 Å². The fourth-order valence-corrected chi connectivity index (χ4v) is 2.28. The van der Waals surface area contributed by atoms with E-state index in [1.165, 1.54) is 5.56 Å². The molecule has 0 fully saturated rings. The Hall–Kier alpha value is -1.55. The van der Waals surface area contributed by atoms with Gasteiger partial charge < -0.3 is 10.5 Å². The normalized spacial score (nSPS) is 23.6. The third-order valence-electron chi connectivity index (χ3n) is 3.03. The first kappa shape index (κ1) is 11.0. The zero-order chi connectivity index (χ0) is 11.6. The highest BCUT2D eigenvalue weighted by Crippen LogP contribution is 2.32. The van der Waals surface area contributed by atoms with Crippen molar-refractivity contribution in [3.63, 3.8) is 0 Å². The molecule has 1 aliphatic heterocycles. The summed E-state index contributed by atoms with van der Waals surface area (Å²) in [6, 6.07) is 7.98. The lowest BCUT2D eigenvalue weighted by Crippen LogP contribution is -2.50. The topological polar surface area (TPSA) is 64.3 Å². The van der Waals surface area contributed by atoms with Gasteiger partial charge in [0, 0.05) is 18.5 Å². The quantitative estimate of drug-likeness (QED) is 0.793. The number of fused-ring (bicyclic) bond motifs is 1. The number of amides is 1. The van der Waals surface area contributed by atoms with Crippen molar-refractivity contribution in [2.75, 3.05) is 6.54 Å². The molecule has 0 aliphatic carbocycles. The molecule has 1 heterocycles. The monoisotopic (exact) mass is 220 g/mol. The fourth-order valence-electron chi connectivity index (χ4n) is 2.28. The Morgan fingerprint density at radius 3 is 3.00 bits per heavy atom. The highest BCUT2D eigenvalue weighted by Gasteiger charge is 2.37. The molecule has 0 bridgehead atoms. The van der Waals surface area contributed by atoms with Crippen molar-refractivity contribution < 1.29 is 9.53 Å². The van der Waals surface area contributed by atoms with E-state index in [0.717, 1.165) is 18.5 Å². The van der Waals surface area contributed by atoms with Crippen LogP contribution in [0, 0.1) is 0 Å². The minimum atomic E-state index is -0.749. The van der Waals surface area contributed by atoms with Gasteiger partial charge in [-0.3, -0.25) is 5.32 Å². The molecule has 4 heteroatoms. The third-order valence-corrected chi connectivity index (χ3v) is 3.03. The van der Waals surface area contributed by atoms with Crippen LogP contribution in [0.15, 0.2) is 24.3 Å². The summed E-state index contributed by atoms with van der Waals surface area (Å²) in [5, 5.41) is 3.25. The second kappa shape index (κ2) is 4.14. The second-order valence-corrected chi connectivity index (χ2v) is 3.94. The summed E-state index contributed by atoms with van der Waals surface area (Å²) >= 11 is 0. The molecular weight excluding hydrogens is 204 g/mol. The van der Waals surface area contributed by atoms with Gasteiger partial charge in [-0.25, -0.2) is 4.79 Å². The average Bonchev–Trinajstić information content (AvgIpc) is 2.29. The van der Waals surface area contributed by atoms with Gasteiger partial charge in [-0.05, 0) is 12.0 Å². The van der Waals surface area contributed by atoms with Crippen molar-refractivity contribution in [2.24, 2.45) is 5.73 Å². The molecule has 0 saturated heterocycles. The first-order valence-electron chi connectivity index (χ1n) is 5.50. The first-order chi connectivity index (χ1) is 7.68. The number of primary amides is 1. The zero-order valence-corrected chi connectivity index (χ0v) is 9.32. The van der Waals surface area contributed by atoms with Crippen LogP contribution in [0.4, 0.5) is 4.79 Å². The van der Waals surface area contributed by atoms with Gasteiger partial charge in [-0.1, -0.05) is 31.2 Å². The molecule has 0 spiro atoms. The lowest BCUT2D eigenvalue weighted by Gasteiger charge is -2.38. The lowest BCUT2D eigenvalue weighted by atomic mass is 9.89. The fraction of sp³-hybridized carbons (Fsp3) is 0.417. The largest absolute Gasteiger partial charge is 0.424 e. The SMILES string of the molecule is CCC1(OC(N)=O)NCCc2ccccc21. The molecule has 86 valence electrons. The summed E-state index contributed by atoms with van der Waals surface area (Å²) in [6.45, 7) is 2.76. The predicted molar refractivity (Wildman–Crippen MR) is 60.8 cm³/mol. The maximum Gasteiger partial charge on any atom is 0.406 e. The molecular formula is C12H16N2O2. The van der Waals surface area contributed by atoms with Crippen LogP contribution < -0.4 is 11.1 Å². The van der Waals surface area contributed by atoms with Crippen LogP contribution in [0.5, 0.6) is 0 Å². The van der Waals surface area contributed by atoms with E-state index in [1.807, 2.05) is 25.1 Å². The van der Waals surface area contributed by atoms with Crippen molar-refractivity contribution in [1.29, 1.82) is 0 Å². The van der Waals surface area contributed by atoms with Gasteiger partial charge in [-0.2, -0.15) is 0 Å². The van der Waals surface area contributed by atoms with Gasteiger partial charge in [0.25, 0.3) is 0 Å². The zero-order valence-electron chi connectivity index (χ0n) is 9.32. The summed E-state index contributed by atoms with van der Waals surface area (Å²) < 4.78 is 5.28. The number of ether oxygens (including phenoxy) is 1. The van der Waals surface area contributed by atoms with E-state index in [0.29, 0.717) is 6.42 Å². The molecule has 2 rings (SSSR count). The van der Waals surface area contributed by atoms with E-state index in [2.05, 4.69) is 11.4 Å². The van der Waals surface area contributed by atoms with Crippen molar-refractivity contribution in [3.05, 3.63) is 35.4 Å². The summed E-state index contributed by atoms with van der Waals surface area (Å²) in [7, 11) is 0. The Balaban J connectivity index is 2.44. The highest BCUT2D eigenvalue weighted by atomic mass is 16.6. The van der Waals surface area contributed by atoms with Gasteiger partial charge in [0.1, 0.15) is 0 Å². The number of nitrogens with one attached hydrogen (secondary N) is 1. The molecule has 4 nitrogen and oxygen atoms in total. The van der Waals surface area contributed by atoms with E-state index < -0.39 is 11.8 Å². The molecule has 3 N–H and O–H groups in total. The second-order valence-electron chi connectivity index (χ2n) is 3.94. The smallest absolute Gasteiger partial charge is 0.406 e. The summed E-state index contributed by atoms with van der Waals surface area (Å²) in [5.74, 6) is 0. The Morgan fingerprint density at radius 1 is 1.56 bits per heavy atom. The Kier molecular flexibility index (Phi) is 2.83. The molecule has 1 aromatic rings. The van der Waals surface area contributed by atoms with Crippen molar-refractivity contribution in [2.45, 2.75) is 25.5 Å². The van der Waals surface area contributed by atoms with Crippen LogP contribution >= 0.6 is 0 Å². The van der Waals surface area contributed by atoms with Gasteiger partial charge in [-0.15, -0.1) is 0 Å².